The molecule has 1 amide bonds. The van der Waals surface area contributed by atoms with Gasteiger partial charge in [-0.25, -0.2) is 0 Å². The van der Waals surface area contributed by atoms with E-state index in [0.717, 1.165) is 49.1 Å². The van der Waals surface area contributed by atoms with Gasteiger partial charge < -0.3 is 10.1 Å². The largest absolute Gasteiger partial charge is 0.489 e. The molecule has 2 aliphatic carbocycles. The molecule has 1 N–H and O–H groups in total. The Hall–Kier alpha value is -3.40. The second-order valence-corrected chi connectivity index (χ2v) is 8.72. The van der Waals surface area contributed by atoms with E-state index in [-0.39, 0.29) is 11.8 Å². The third-order valence-corrected chi connectivity index (χ3v) is 6.18. The monoisotopic (exact) mass is 424 g/mol. The zero-order chi connectivity index (χ0) is 21.8. The fraction of sp³-hybridized carbons (Fsp3) is 0.286. The molecule has 4 nitrogen and oxygen atoms in total. The summed E-state index contributed by atoms with van der Waals surface area (Å²) >= 11 is 0. The summed E-state index contributed by atoms with van der Waals surface area (Å²) in [5, 5.41) is 3.05. The van der Waals surface area contributed by atoms with Crippen molar-refractivity contribution in [3.63, 3.8) is 0 Å². The van der Waals surface area contributed by atoms with Crippen molar-refractivity contribution in [3.8, 4) is 5.75 Å². The summed E-state index contributed by atoms with van der Waals surface area (Å²) in [4.78, 5) is 17.0. The lowest BCUT2D eigenvalue weighted by Gasteiger charge is -2.19. The molecule has 1 heterocycles. The minimum Gasteiger partial charge on any atom is -0.489 e. The Bertz CT molecular complexity index is 1090. The topological polar surface area (TPSA) is 50.7 Å². The van der Waals surface area contributed by atoms with E-state index in [0.29, 0.717) is 18.4 Å². The fourth-order valence-electron chi connectivity index (χ4n) is 4.18. The van der Waals surface area contributed by atoms with Crippen molar-refractivity contribution in [1.29, 1.82) is 0 Å². The molecule has 162 valence electrons. The van der Waals surface area contributed by atoms with Crippen LogP contribution in [-0.2, 0) is 11.4 Å². The van der Waals surface area contributed by atoms with Crippen molar-refractivity contribution in [2.75, 3.05) is 6.54 Å². The van der Waals surface area contributed by atoms with E-state index >= 15 is 0 Å². The van der Waals surface area contributed by atoms with Gasteiger partial charge in [0.05, 0.1) is 0 Å². The molecule has 0 spiro atoms. The molecule has 5 rings (SSSR count). The minimum absolute atomic E-state index is 0.106. The van der Waals surface area contributed by atoms with E-state index in [1.807, 2.05) is 30.3 Å². The first-order valence-corrected chi connectivity index (χ1v) is 11.5. The number of carbonyl (C=O) groups excluding carboxylic acids is 1. The molecule has 1 fully saturated rings. The minimum atomic E-state index is 0.106. The lowest BCUT2D eigenvalue weighted by atomic mass is 9.89. The van der Waals surface area contributed by atoms with Crippen molar-refractivity contribution < 1.29 is 9.53 Å². The average molecular weight is 425 g/mol. The summed E-state index contributed by atoms with van der Waals surface area (Å²) in [6, 6.07) is 18.5. The third-order valence-electron chi connectivity index (χ3n) is 6.18. The number of rotatable bonds is 5. The van der Waals surface area contributed by atoms with Crippen molar-refractivity contribution >= 4 is 17.3 Å². The molecular weight excluding hydrogens is 396 g/mol. The first-order chi connectivity index (χ1) is 15.7. The van der Waals surface area contributed by atoms with Crippen LogP contribution in [0.1, 0.15) is 36.8 Å². The molecule has 1 aliphatic heterocycles. The maximum atomic E-state index is 12.3. The second-order valence-electron chi connectivity index (χ2n) is 8.72. The van der Waals surface area contributed by atoms with Gasteiger partial charge in [0.25, 0.3) is 0 Å². The van der Waals surface area contributed by atoms with Gasteiger partial charge in [-0.2, -0.15) is 0 Å². The third kappa shape index (κ3) is 5.08. The fourth-order valence-corrected chi connectivity index (χ4v) is 4.18. The highest BCUT2D eigenvalue weighted by molar-refractivity contribution is 6.07. The summed E-state index contributed by atoms with van der Waals surface area (Å²) < 4.78 is 5.95. The Morgan fingerprint density at radius 3 is 2.62 bits per heavy atom. The van der Waals surface area contributed by atoms with Crippen molar-refractivity contribution in [3.05, 3.63) is 95.6 Å². The highest BCUT2D eigenvalue weighted by atomic mass is 16.5. The number of carbonyl (C=O) groups is 1. The maximum Gasteiger partial charge on any atom is 0.228 e. The zero-order valence-electron chi connectivity index (χ0n) is 18.2. The molecule has 0 aromatic heterocycles. The van der Waals surface area contributed by atoms with Gasteiger partial charge in [0.15, 0.2) is 0 Å². The number of benzene rings is 2. The van der Waals surface area contributed by atoms with Gasteiger partial charge >= 0.3 is 0 Å². The van der Waals surface area contributed by atoms with E-state index in [1.54, 1.807) is 0 Å². The van der Waals surface area contributed by atoms with Gasteiger partial charge in [-0.3, -0.25) is 9.79 Å². The average Bonchev–Trinajstić information content (AvgIpc) is 3.66. The first-order valence-electron chi connectivity index (χ1n) is 11.5. The molecule has 1 saturated carbocycles. The van der Waals surface area contributed by atoms with Crippen molar-refractivity contribution in [2.24, 2.45) is 16.8 Å². The number of ether oxygens (including phenoxy) is 1. The molecular formula is C28H28N2O2. The number of amides is 1. The SMILES string of the molecule is O=C(NC1=NCCC2C=CC=C(c3ccc(OCc4ccccc4)cc3)C(=C1)C2)C1CC1. The smallest absolute Gasteiger partial charge is 0.228 e. The quantitative estimate of drug-likeness (QED) is 0.691. The Morgan fingerprint density at radius 1 is 1.03 bits per heavy atom. The molecule has 1 unspecified atom stereocenters. The van der Waals surface area contributed by atoms with E-state index in [9.17, 15) is 4.79 Å². The van der Waals surface area contributed by atoms with Crippen LogP contribution >= 0.6 is 0 Å². The Morgan fingerprint density at radius 2 is 1.84 bits per heavy atom. The molecule has 1 atom stereocenters. The van der Waals surface area contributed by atoms with Gasteiger partial charge in [0, 0.05) is 12.5 Å². The summed E-state index contributed by atoms with van der Waals surface area (Å²) in [5.74, 6) is 2.29. The zero-order valence-corrected chi connectivity index (χ0v) is 18.2. The number of nitrogens with one attached hydrogen (secondary N) is 1. The van der Waals surface area contributed by atoms with E-state index in [2.05, 4.69) is 58.9 Å². The van der Waals surface area contributed by atoms with Crippen LogP contribution in [0, 0.1) is 11.8 Å². The van der Waals surface area contributed by atoms with Crippen LogP contribution in [-0.4, -0.2) is 18.3 Å². The summed E-state index contributed by atoms with van der Waals surface area (Å²) in [7, 11) is 0. The Labute approximate surface area is 189 Å². The van der Waals surface area contributed by atoms with E-state index in [4.69, 9.17) is 4.74 Å². The molecule has 2 aromatic carbocycles. The molecule has 0 radical (unpaired) electrons. The summed E-state index contributed by atoms with van der Waals surface area (Å²) in [5.41, 5.74) is 4.68. The number of fused-ring (bicyclic) bond motifs is 2. The highest BCUT2D eigenvalue weighted by Crippen LogP contribution is 2.34. The number of hydrogen-bond donors (Lipinski definition) is 1. The molecule has 2 bridgehead atoms. The standard InChI is InChI=1S/C28H28N2O2/c31-28(23-9-10-23)30-27-18-24-17-20(15-16-29-27)7-4-8-26(24)22-11-13-25(14-12-22)32-19-21-5-2-1-3-6-21/h1-8,11-14,18,20,23H,9-10,15-17,19H2,(H,29,30,31). The van der Waals surface area contributed by atoms with Crippen LogP contribution in [0.25, 0.3) is 5.57 Å². The molecule has 0 saturated heterocycles. The normalized spacial score (nSPS) is 20.1. The number of nitrogens with zero attached hydrogens (tertiary/aromatic N) is 1. The van der Waals surface area contributed by atoms with Crippen LogP contribution in [0.2, 0.25) is 0 Å². The van der Waals surface area contributed by atoms with Gasteiger partial charge in [-0.05, 0) is 72.1 Å². The first kappa shape index (κ1) is 20.5. The number of hydrogen-bond acceptors (Lipinski definition) is 3. The van der Waals surface area contributed by atoms with Crippen LogP contribution in [0.5, 0.6) is 5.75 Å². The molecule has 3 aliphatic rings. The van der Waals surface area contributed by atoms with Gasteiger partial charge in [0.1, 0.15) is 18.2 Å². The Kier molecular flexibility index (Phi) is 6.02. The Balaban J connectivity index is 1.34. The second kappa shape index (κ2) is 9.39. The number of aliphatic imine (C=N–C) groups is 1. The van der Waals surface area contributed by atoms with Gasteiger partial charge in [0.2, 0.25) is 5.91 Å². The van der Waals surface area contributed by atoms with E-state index in [1.165, 1.54) is 11.1 Å². The number of amidine groups is 1. The van der Waals surface area contributed by atoms with Crippen LogP contribution < -0.4 is 10.1 Å². The summed E-state index contributed by atoms with van der Waals surface area (Å²) in [6.07, 6.45) is 12.6. The van der Waals surface area contributed by atoms with Gasteiger partial charge in [-0.1, -0.05) is 60.7 Å². The van der Waals surface area contributed by atoms with Crippen LogP contribution in [0.4, 0.5) is 0 Å². The van der Waals surface area contributed by atoms with E-state index < -0.39 is 0 Å². The van der Waals surface area contributed by atoms with Crippen LogP contribution in [0.15, 0.2) is 89.5 Å². The van der Waals surface area contributed by atoms with Crippen molar-refractivity contribution in [1.82, 2.24) is 5.32 Å². The van der Waals surface area contributed by atoms with Crippen LogP contribution in [0.3, 0.4) is 0 Å². The lowest BCUT2D eigenvalue weighted by Crippen LogP contribution is -2.31. The van der Waals surface area contributed by atoms with Gasteiger partial charge in [-0.15, -0.1) is 0 Å². The molecule has 2 aromatic rings. The molecule has 32 heavy (non-hydrogen) atoms. The molecule has 4 heteroatoms. The summed E-state index contributed by atoms with van der Waals surface area (Å²) in [6.45, 7) is 1.29. The predicted molar refractivity (Wildman–Crippen MR) is 128 cm³/mol. The van der Waals surface area contributed by atoms with Crippen molar-refractivity contribution in [2.45, 2.75) is 32.3 Å². The highest BCUT2D eigenvalue weighted by Gasteiger charge is 2.30. The predicted octanol–water partition coefficient (Wildman–Crippen LogP) is 5.48. The maximum absolute atomic E-state index is 12.3. The lowest BCUT2D eigenvalue weighted by molar-refractivity contribution is -0.120. The number of allylic oxidation sites excluding steroid dienone is 5.